The highest BCUT2D eigenvalue weighted by Crippen LogP contribution is 2.32. The van der Waals surface area contributed by atoms with E-state index in [0.29, 0.717) is 49.8 Å². The summed E-state index contributed by atoms with van der Waals surface area (Å²) in [6.07, 6.45) is 8.92. The Kier molecular flexibility index (Phi) is 12.8. The second kappa shape index (κ2) is 14.9. The number of halogens is 1. The predicted molar refractivity (Wildman–Crippen MR) is 150 cm³/mol. The molecule has 0 saturated heterocycles. The van der Waals surface area contributed by atoms with Crippen LogP contribution in [0.4, 0.5) is 4.39 Å². The SMILES string of the molecule is C=N/C(=C\O)CN1CCn2c(nc(C(=C)NCC3=CC=C(F)C=CC3)c(O)c2=O)C1(C)C.CC.CCC. The number of aromatic hydroxyl groups is 1. The molecule has 3 N–H and O–H groups in total. The van der Waals surface area contributed by atoms with Crippen molar-refractivity contribution in [3.8, 4) is 5.75 Å². The van der Waals surface area contributed by atoms with Crippen molar-refractivity contribution in [3.05, 3.63) is 76.1 Å². The standard InChI is InChI=1S/C23H28FN5O3.C3H8.C2H6/c1-15(26-12-16-6-5-7-17(24)9-8-16)19-20(31)21(32)29-11-10-28(13-18(14-30)25-4)23(2,3)22(29)27-19;1-3-2;1-2/h5,7-9,14,26,30-31H,1,4,6,10-13H2,2-3H3;3H2,1-2H3;1-2H3/b18-14-;;. The van der Waals surface area contributed by atoms with E-state index in [0.717, 1.165) is 11.8 Å². The van der Waals surface area contributed by atoms with Crippen molar-refractivity contribution >= 4 is 12.4 Å². The number of aliphatic hydroxyl groups is 1. The van der Waals surface area contributed by atoms with E-state index in [-0.39, 0.29) is 11.5 Å². The average Bonchev–Trinajstić information content (AvgIpc) is 3.09. The fourth-order valence-corrected chi connectivity index (χ4v) is 3.75. The van der Waals surface area contributed by atoms with E-state index in [1.165, 1.54) is 23.1 Å². The molecule has 1 aliphatic carbocycles. The summed E-state index contributed by atoms with van der Waals surface area (Å²) in [4.78, 5) is 23.3. The molecule has 1 aliphatic heterocycles. The van der Waals surface area contributed by atoms with E-state index in [4.69, 9.17) is 0 Å². The smallest absolute Gasteiger partial charge is 0.296 e. The van der Waals surface area contributed by atoms with Crippen molar-refractivity contribution in [2.75, 3.05) is 19.6 Å². The molecule has 0 atom stereocenters. The van der Waals surface area contributed by atoms with Crippen molar-refractivity contribution in [2.24, 2.45) is 4.99 Å². The largest absolute Gasteiger partial charge is 0.514 e. The molecular formula is C28H42FN5O3. The molecule has 0 fully saturated rings. The highest BCUT2D eigenvalue weighted by molar-refractivity contribution is 5.63. The quantitative estimate of drug-likeness (QED) is 0.335. The van der Waals surface area contributed by atoms with Gasteiger partial charge in [0.15, 0.2) is 0 Å². The first-order valence-corrected chi connectivity index (χ1v) is 12.6. The monoisotopic (exact) mass is 515 g/mol. The van der Waals surface area contributed by atoms with Crippen molar-refractivity contribution in [3.63, 3.8) is 0 Å². The van der Waals surface area contributed by atoms with Crippen LogP contribution in [-0.4, -0.2) is 51.0 Å². The van der Waals surface area contributed by atoms with Crippen molar-refractivity contribution in [1.82, 2.24) is 19.8 Å². The second-order valence-electron chi connectivity index (χ2n) is 8.87. The van der Waals surface area contributed by atoms with Crippen LogP contribution in [0, 0.1) is 0 Å². The number of fused-ring (bicyclic) bond motifs is 1. The molecule has 0 spiro atoms. The van der Waals surface area contributed by atoms with Gasteiger partial charge in [-0.15, -0.1) is 0 Å². The Morgan fingerprint density at radius 1 is 1.30 bits per heavy atom. The first kappa shape index (κ1) is 31.6. The van der Waals surface area contributed by atoms with Crippen LogP contribution in [0.25, 0.3) is 5.70 Å². The number of allylic oxidation sites excluding steroid dienone is 5. The number of aromatic nitrogens is 2. The summed E-state index contributed by atoms with van der Waals surface area (Å²) in [6, 6.07) is 0. The molecule has 8 nitrogen and oxygen atoms in total. The molecule has 2 heterocycles. The molecule has 2 aliphatic rings. The van der Waals surface area contributed by atoms with E-state index < -0.39 is 16.8 Å². The minimum Gasteiger partial charge on any atom is -0.514 e. The van der Waals surface area contributed by atoms with Crippen LogP contribution in [0.1, 0.15) is 65.9 Å². The van der Waals surface area contributed by atoms with Gasteiger partial charge in [-0.3, -0.25) is 19.3 Å². The van der Waals surface area contributed by atoms with Gasteiger partial charge in [0.25, 0.3) is 5.56 Å². The fourth-order valence-electron chi connectivity index (χ4n) is 3.75. The Labute approximate surface area is 220 Å². The number of nitrogens with zero attached hydrogens (tertiary/aromatic N) is 4. The van der Waals surface area contributed by atoms with Crippen LogP contribution in [0.3, 0.4) is 0 Å². The molecule has 0 radical (unpaired) electrons. The Morgan fingerprint density at radius 3 is 2.54 bits per heavy atom. The third-order valence-electron chi connectivity index (χ3n) is 5.73. The molecule has 9 heteroatoms. The van der Waals surface area contributed by atoms with Crippen molar-refractivity contribution < 1.29 is 14.6 Å². The number of aliphatic imine (C=N–C) groups is 1. The summed E-state index contributed by atoms with van der Waals surface area (Å²) in [5.41, 5.74) is 0.435. The van der Waals surface area contributed by atoms with E-state index in [1.807, 2.05) is 32.6 Å². The van der Waals surface area contributed by atoms with Gasteiger partial charge >= 0.3 is 0 Å². The topological polar surface area (TPSA) is 103 Å². The molecule has 0 bridgehead atoms. The zero-order valence-electron chi connectivity index (χ0n) is 23.0. The molecule has 0 amide bonds. The summed E-state index contributed by atoms with van der Waals surface area (Å²) >= 11 is 0. The maximum atomic E-state index is 13.3. The molecule has 0 aromatic carbocycles. The van der Waals surface area contributed by atoms with Gasteiger partial charge in [-0.05, 0) is 44.7 Å². The summed E-state index contributed by atoms with van der Waals surface area (Å²) in [5.74, 6) is -0.328. The van der Waals surface area contributed by atoms with Crippen LogP contribution in [0.5, 0.6) is 5.75 Å². The van der Waals surface area contributed by atoms with E-state index >= 15 is 0 Å². The Morgan fingerprint density at radius 2 is 1.95 bits per heavy atom. The second-order valence-corrected chi connectivity index (χ2v) is 8.87. The van der Waals surface area contributed by atoms with Crippen LogP contribution in [-0.2, 0) is 12.1 Å². The van der Waals surface area contributed by atoms with Crippen LogP contribution in [0.2, 0.25) is 0 Å². The minimum atomic E-state index is -0.698. The van der Waals surface area contributed by atoms with Crippen LogP contribution < -0.4 is 10.9 Å². The first-order valence-electron chi connectivity index (χ1n) is 12.6. The molecule has 0 unspecified atom stereocenters. The van der Waals surface area contributed by atoms with Gasteiger partial charge in [0.2, 0.25) is 5.75 Å². The van der Waals surface area contributed by atoms with Gasteiger partial charge in [-0.25, -0.2) is 9.37 Å². The van der Waals surface area contributed by atoms with Gasteiger partial charge in [0, 0.05) is 26.2 Å². The lowest BCUT2D eigenvalue weighted by atomic mass is 9.97. The molecule has 37 heavy (non-hydrogen) atoms. The fraction of sp³-hybridized carbons (Fsp3) is 0.464. The zero-order valence-corrected chi connectivity index (χ0v) is 23.0. The number of hydrogen-bond donors (Lipinski definition) is 3. The highest BCUT2D eigenvalue weighted by Gasteiger charge is 2.38. The summed E-state index contributed by atoms with van der Waals surface area (Å²) < 4.78 is 14.8. The van der Waals surface area contributed by atoms with Gasteiger partial charge < -0.3 is 15.5 Å². The maximum Gasteiger partial charge on any atom is 0.296 e. The van der Waals surface area contributed by atoms with E-state index in [1.54, 1.807) is 12.2 Å². The molecule has 1 aromatic rings. The van der Waals surface area contributed by atoms with Crippen LogP contribution in [0.15, 0.2) is 64.0 Å². The number of hydrogen-bond acceptors (Lipinski definition) is 7. The summed E-state index contributed by atoms with van der Waals surface area (Å²) in [7, 11) is 0. The normalized spacial score (nSPS) is 16.5. The highest BCUT2D eigenvalue weighted by atomic mass is 19.1. The van der Waals surface area contributed by atoms with Crippen molar-refractivity contribution in [1.29, 1.82) is 0 Å². The van der Waals surface area contributed by atoms with Gasteiger partial charge in [0.05, 0.1) is 16.9 Å². The predicted octanol–water partition coefficient (Wildman–Crippen LogP) is 5.34. The van der Waals surface area contributed by atoms with E-state index in [9.17, 15) is 19.4 Å². The van der Waals surface area contributed by atoms with Gasteiger partial charge in [-0.1, -0.05) is 52.8 Å². The number of nitrogens with one attached hydrogen (secondary N) is 1. The van der Waals surface area contributed by atoms with Gasteiger partial charge in [0.1, 0.15) is 23.6 Å². The average molecular weight is 516 g/mol. The van der Waals surface area contributed by atoms with Gasteiger partial charge in [-0.2, -0.15) is 0 Å². The molecule has 3 rings (SSSR count). The molecule has 0 saturated carbocycles. The zero-order chi connectivity index (χ0) is 28.2. The Bertz CT molecular complexity index is 1130. The third-order valence-corrected chi connectivity index (χ3v) is 5.73. The third kappa shape index (κ3) is 8.01. The Balaban J connectivity index is 0.00000127. The lowest BCUT2D eigenvalue weighted by molar-refractivity contribution is 0.0833. The molecule has 204 valence electrons. The molecular weight excluding hydrogens is 473 g/mol. The first-order chi connectivity index (χ1) is 17.6. The van der Waals surface area contributed by atoms with Crippen LogP contribution >= 0.6 is 0 Å². The molecule has 1 aromatic heterocycles. The lowest BCUT2D eigenvalue weighted by Crippen LogP contribution is -2.53. The van der Waals surface area contributed by atoms with E-state index in [2.05, 4.69) is 42.4 Å². The summed E-state index contributed by atoms with van der Waals surface area (Å²) in [6.45, 7) is 21.0. The number of aliphatic hydroxyl groups excluding tert-OH is 1. The Hall–Kier alpha value is -3.46. The number of rotatable bonds is 7. The maximum absolute atomic E-state index is 13.3. The summed E-state index contributed by atoms with van der Waals surface area (Å²) in [5, 5.41) is 23.0. The minimum absolute atomic E-state index is 0.0717. The van der Waals surface area contributed by atoms with Crippen molar-refractivity contribution in [2.45, 2.75) is 66.5 Å². The lowest BCUT2D eigenvalue weighted by Gasteiger charge is -2.43.